The molecular weight excluding hydrogens is 463 g/mol. The fourth-order valence-electron chi connectivity index (χ4n) is 3.67. The second-order valence-corrected chi connectivity index (χ2v) is 10.9. The number of pyridine rings is 1. The van der Waals surface area contributed by atoms with Crippen molar-refractivity contribution in [2.45, 2.75) is 0 Å². The van der Waals surface area contributed by atoms with Gasteiger partial charge in [0.05, 0.1) is 23.2 Å². The molecule has 0 atom stereocenters. The maximum atomic E-state index is 12.4. The third-order valence-corrected chi connectivity index (χ3v) is 7.97. The molecule has 0 radical (unpaired) electrons. The van der Waals surface area contributed by atoms with E-state index in [2.05, 4.69) is 0 Å². The lowest BCUT2D eigenvalue weighted by molar-refractivity contribution is 0.496. The summed E-state index contributed by atoms with van der Waals surface area (Å²) in [4.78, 5) is 23.2. The second kappa shape index (κ2) is 9.17. The lowest BCUT2D eigenvalue weighted by Crippen LogP contribution is -2.22. The van der Waals surface area contributed by atoms with Crippen LogP contribution in [0.1, 0.15) is 5.69 Å². The molecule has 0 spiro atoms. The third-order valence-electron chi connectivity index (χ3n) is 4.94. The highest BCUT2D eigenvalue weighted by Crippen LogP contribution is 2.38. The van der Waals surface area contributed by atoms with Crippen LogP contribution in [0.25, 0.3) is 38.9 Å². The molecule has 0 saturated carbocycles. The molecule has 6 nitrogen and oxygen atoms in total. The molecule has 0 aliphatic rings. The van der Waals surface area contributed by atoms with Crippen LogP contribution in [0.2, 0.25) is 0 Å². The summed E-state index contributed by atoms with van der Waals surface area (Å²) >= 11 is 1.12. The van der Waals surface area contributed by atoms with Crippen molar-refractivity contribution in [3.63, 3.8) is 0 Å². The average Bonchev–Trinajstić information content (AvgIpc) is 2.76. The average molecular weight is 485 g/mol. The monoisotopic (exact) mass is 484 g/mol. The molecule has 0 aliphatic heterocycles. The first-order valence-corrected chi connectivity index (χ1v) is 13.9. The van der Waals surface area contributed by atoms with Crippen LogP contribution in [0.5, 0.6) is 0 Å². The molecular formula is C23H21N2O4PS2. The summed E-state index contributed by atoms with van der Waals surface area (Å²) in [5.41, 5.74) is 3.54. The molecule has 4 aromatic rings. The first-order valence-electron chi connectivity index (χ1n) is 9.60. The van der Waals surface area contributed by atoms with Crippen molar-refractivity contribution in [1.29, 1.82) is 0 Å². The van der Waals surface area contributed by atoms with Gasteiger partial charge in [0, 0.05) is 17.2 Å². The smallest absolute Gasteiger partial charge is 0.241 e. The number of sulfonamides is 1. The molecule has 0 fully saturated rings. The van der Waals surface area contributed by atoms with Crippen molar-refractivity contribution in [2.24, 2.45) is 0 Å². The van der Waals surface area contributed by atoms with Gasteiger partial charge in [-0.05, 0) is 58.4 Å². The van der Waals surface area contributed by atoms with E-state index >= 15 is 0 Å². The quantitative estimate of drug-likeness (QED) is 0.283. The molecule has 3 aromatic carbocycles. The van der Waals surface area contributed by atoms with E-state index in [0.717, 1.165) is 39.2 Å². The van der Waals surface area contributed by atoms with Gasteiger partial charge >= 0.3 is 0 Å². The van der Waals surface area contributed by atoms with E-state index in [1.54, 1.807) is 24.5 Å². The number of nitrogens with zero attached hydrogens (tertiary/aromatic N) is 2. The van der Waals surface area contributed by atoms with Gasteiger partial charge in [0.25, 0.3) is 0 Å². The van der Waals surface area contributed by atoms with Crippen molar-refractivity contribution >= 4 is 63.8 Å². The Balaban J connectivity index is 2.05. The molecule has 164 valence electrons. The van der Waals surface area contributed by atoms with Gasteiger partial charge in [-0.2, -0.15) is 0 Å². The van der Waals surface area contributed by atoms with Gasteiger partial charge in [0.2, 0.25) is 10.0 Å². The summed E-state index contributed by atoms with van der Waals surface area (Å²) in [5.74, 6) is 1.30. The molecule has 0 bridgehead atoms. The Morgan fingerprint density at radius 1 is 0.969 bits per heavy atom. The van der Waals surface area contributed by atoms with Crippen LogP contribution in [0, 0.1) is 0 Å². The van der Waals surface area contributed by atoms with Gasteiger partial charge in [-0.3, -0.25) is 0 Å². The highest BCUT2D eigenvalue weighted by Gasteiger charge is 2.20. The Bertz CT molecular complexity index is 1430. The van der Waals surface area contributed by atoms with Crippen molar-refractivity contribution in [2.75, 3.05) is 16.2 Å². The number of benzene rings is 3. The molecule has 1 aromatic heterocycles. The fourth-order valence-corrected chi connectivity index (χ4v) is 5.85. The molecule has 1 heterocycles. The number of rotatable bonds is 6. The van der Waals surface area contributed by atoms with Crippen LogP contribution in [0.15, 0.2) is 72.5 Å². The molecule has 32 heavy (non-hydrogen) atoms. The molecule has 0 unspecified atom stereocenters. The van der Waals surface area contributed by atoms with Gasteiger partial charge in [-0.25, -0.2) is 17.1 Å². The summed E-state index contributed by atoms with van der Waals surface area (Å²) in [5, 5.41) is 2.87. The van der Waals surface area contributed by atoms with Crippen LogP contribution in [-0.2, 0) is 10.0 Å². The topological polar surface area (TPSA) is 90.7 Å². The number of aromatic nitrogens is 1. The zero-order valence-electron chi connectivity index (χ0n) is 17.4. The van der Waals surface area contributed by atoms with Gasteiger partial charge in [0.15, 0.2) is 8.38 Å². The summed E-state index contributed by atoms with van der Waals surface area (Å²) in [6, 6.07) is 21.3. The highest BCUT2D eigenvalue weighted by atomic mass is 32.3. The van der Waals surface area contributed by atoms with Gasteiger partial charge in [0.1, 0.15) is 0 Å². The van der Waals surface area contributed by atoms with E-state index < -0.39 is 18.4 Å². The molecule has 0 amide bonds. The zero-order chi connectivity index (χ0) is 22.9. The zero-order valence-corrected chi connectivity index (χ0v) is 19.9. The standard InChI is InChI=1S/C23H21N2O4PS2/c1-31-25(32(2,28)29)19-14-17-10-11-18(12-13-30(26)27)24-23(17)22(15-19)21-9-5-7-16-6-3-4-8-20(16)21/h3-15,26-27H,1-2H3/b13-12+. The van der Waals surface area contributed by atoms with E-state index in [-0.39, 0.29) is 0 Å². The molecule has 9 heteroatoms. The summed E-state index contributed by atoms with van der Waals surface area (Å²) in [6.07, 6.45) is 4.47. The maximum Gasteiger partial charge on any atom is 0.241 e. The number of anilines is 1. The Morgan fingerprint density at radius 3 is 2.44 bits per heavy atom. The van der Waals surface area contributed by atoms with Gasteiger partial charge < -0.3 is 9.79 Å². The highest BCUT2D eigenvalue weighted by molar-refractivity contribution is 8.14. The molecule has 0 aliphatic carbocycles. The number of hydrogen-bond acceptors (Lipinski definition) is 6. The minimum absolute atomic E-state index is 0.537. The Hall–Kier alpha value is -2.48. The van der Waals surface area contributed by atoms with E-state index in [1.165, 1.54) is 15.8 Å². The van der Waals surface area contributed by atoms with Crippen LogP contribution >= 0.6 is 20.3 Å². The lowest BCUT2D eigenvalue weighted by atomic mass is 9.95. The van der Waals surface area contributed by atoms with Gasteiger partial charge in [-0.15, -0.1) is 0 Å². The van der Waals surface area contributed by atoms with Gasteiger partial charge in [-0.1, -0.05) is 48.5 Å². The van der Waals surface area contributed by atoms with E-state index in [9.17, 15) is 18.2 Å². The number of hydrogen-bond donors (Lipinski definition) is 2. The van der Waals surface area contributed by atoms with E-state index in [0.29, 0.717) is 16.9 Å². The lowest BCUT2D eigenvalue weighted by Gasteiger charge is -2.21. The summed E-state index contributed by atoms with van der Waals surface area (Å²) in [7, 11) is -5.66. The molecule has 0 saturated heterocycles. The largest absolute Gasteiger partial charge is 0.347 e. The second-order valence-electron chi connectivity index (χ2n) is 7.14. The maximum absolute atomic E-state index is 12.4. The Morgan fingerprint density at radius 2 is 1.72 bits per heavy atom. The minimum Gasteiger partial charge on any atom is -0.347 e. The van der Waals surface area contributed by atoms with Crippen molar-refractivity contribution in [3.05, 3.63) is 78.2 Å². The minimum atomic E-state index is -3.49. The third kappa shape index (κ3) is 4.65. The predicted octanol–water partition coefficient (Wildman–Crippen LogP) is 5.37. The van der Waals surface area contributed by atoms with Crippen LogP contribution in [0.4, 0.5) is 5.69 Å². The van der Waals surface area contributed by atoms with Crippen molar-refractivity contribution in [3.8, 4) is 11.1 Å². The summed E-state index contributed by atoms with van der Waals surface area (Å²) in [6.45, 7) is 0. The Kier molecular flexibility index (Phi) is 6.51. The first kappa shape index (κ1) is 22.7. The molecule has 4 rings (SSSR count). The van der Waals surface area contributed by atoms with Crippen LogP contribution < -0.4 is 3.71 Å². The van der Waals surface area contributed by atoms with Crippen LogP contribution in [0.3, 0.4) is 0 Å². The van der Waals surface area contributed by atoms with Crippen LogP contribution in [-0.4, -0.2) is 35.7 Å². The van der Waals surface area contributed by atoms with E-state index in [4.69, 9.17) is 4.98 Å². The predicted molar refractivity (Wildman–Crippen MR) is 136 cm³/mol. The molecule has 2 N–H and O–H groups in total. The fraction of sp³-hybridized carbons (Fsp3) is 0.0870. The number of fused-ring (bicyclic) bond motifs is 2. The Labute approximate surface area is 192 Å². The van der Waals surface area contributed by atoms with Crippen molar-refractivity contribution in [1.82, 2.24) is 4.98 Å². The summed E-state index contributed by atoms with van der Waals surface area (Å²) < 4.78 is 26.1. The van der Waals surface area contributed by atoms with Crippen molar-refractivity contribution < 1.29 is 18.2 Å². The van der Waals surface area contributed by atoms with E-state index in [1.807, 2.05) is 54.6 Å². The normalized spacial score (nSPS) is 12.3. The SMILES string of the molecule is CSN(c1cc(-c2cccc3ccccc23)c2nc(/C=C/P(O)O)ccc2c1)S(C)(=O)=O. The first-order chi connectivity index (χ1) is 15.3.